The number of ether oxygens (including phenoxy) is 4. The number of ketones is 1. The smallest absolute Gasteiger partial charge is 0.344 e. The predicted molar refractivity (Wildman–Crippen MR) is 99.7 cm³/mol. The maximum absolute atomic E-state index is 12.2. The third kappa shape index (κ3) is 4.97. The molecule has 3 rings (SSSR count). The van der Waals surface area contributed by atoms with Gasteiger partial charge < -0.3 is 18.9 Å². The SMILES string of the molecule is O=C(COc1cc(Cl)c(Cl)cc1Cl)OCC(=O)c1ccc2c(c1)OCCO2. The monoisotopic (exact) mass is 430 g/mol. The van der Waals surface area contributed by atoms with E-state index in [-0.39, 0.29) is 26.6 Å². The van der Waals surface area contributed by atoms with Crippen molar-refractivity contribution in [1.29, 1.82) is 0 Å². The minimum atomic E-state index is -0.733. The molecule has 0 aromatic heterocycles. The molecule has 2 aromatic rings. The van der Waals surface area contributed by atoms with Crippen LogP contribution in [0.2, 0.25) is 15.1 Å². The van der Waals surface area contributed by atoms with Crippen LogP contribution in [0.4, 0.5) is 0 Å². The number of carbonyl (C=O) groups is 2. The molecule has 0 saturated heterocycles. The molecule has 142 valence electrons. The molecule has 2 aromatic carbocycles. The number of Topliss-reactive ketones (excluding diaryl/α,β-unsaturated/α-hetero) is 1. The van der Waals surface area contributed by atoms with Gasteiger partial charge in [0.1, 0.15) is 19.0 Å². The molecule has 0 aliphatic carbocycles. The lowest BCUT2D eigenvalue weighted by Crippen LogP contribution is -2.20. The molecule has 27 heavy (non-hydrogen) atoms. The fourth-order valence-corrected chi connectivity index (χ4v) is 2.83. The van der Waals surface area contributed by atoms with E-state index < -0.39 is 19.2 Å². The Morgan fingerprint density at radius 3 is 2.37 bits per heavy atom. The number of carbonyl (C=O) groups excluding carboxylic acids is 2. The molecule has 0 saturated carbocycles. The van der Waals surface area contributed by atoms with Crippen molar-refractivity contribution in [2.75, 3.05) is 26.4 Å². The molecule has 1 aliphatic rings. The fraction of sp³-hybridized carbons (Fsp3) is 0.222. The van der Waals surface area contributed by atoms with Crippen LogP contribution in [0.1, 0.15) is 10.4 Å². The van der Waals surface area contributed by atoms with Crippen LogP contribution in [0.3, 0.4) is 0 Å². The molecule has 0 N–H and O–H groups in total. The van der Waals surface area contributed by atoms with Gasteiger partial charge in [0.2, 0.25) is 0 Å². The molecule has 0 bridgehead atoms. The maximum atomic E-state index is 12.2. The van der Waals surface area contributed by atoms with E-state index in [1.807, 2.05) is 0 Å². The lowest BCUT2D eigenvalue weighted by atomic mass is 10.1. The number of hydrogen-bond acceptors (Lipinski definition) is 6. The molecular weight excluding hydrogens is 419 g/mol. The largest absolute Gasteiger partial charge is 0.486 e. The zero-order chi connectivity index (χ0) is 19.4. The summed E-state index contributed by atoms with van der Waals surface area (Å²) >= 11 is 17.6. The van der Waals surface area contributed by atoms with Crippen LogP contribution in [-0.4, -0.2) is 38.2 Å². The van der Waals surface area contributed by atoms with Gasteiger partial charge in [-0.2, -0.15) is 0 Å². The second-order valence-corrected chi connectivity index (χ2v) is 6.65. The highest BCUT2D eigenvalue weighted by Crippen LogP contribution is 2.34. The summed E-state index contributed by atoms with van der Waals surface area (Å²) in [6.45, 7) is -0.00194. The molecule has 0 unspecified atom stereocenters. The first-order valence-electron chi connectivity index (χ1n) is 7.80. The zero-order valence-electron chi connectivity index (χ0n) is 13.8. The van der Waals surface area contributed by atoms with Crippen molar-refractivity contribution in [3.05, 3.63) is 51.0 Å². The highest BCUT2D eigenvalue weighted by Gasteiger charge is 2.17. The minimum Gasteiger partial charge on any atom is -0.486 e. The van der Waals surface area contributed by atoms with Crippen LogP contribution in [-0.2, 0) is 9.53 Å². The van der Waals surface area contributed by atoms with E-state index in [1.54, 1.807) is 18.2 Å². The van der Waals surface area contributed by atoms with Crippen LogP contribution in [0.15, 0.2) is 30.3 Å². The van der Waals surface area contributed by atoms with Gasteiger partial charge in [-0.05, 0) is 24.3 Å². The molecule has 0 spiro atoms. The number of halogens is 3. The summed E-state index contributed by atoms with van der Waals surface area (Å²) in [6, 6.07) is 7.56. The van der Waals surface area contributed by atoms with Crippen LogP contribution in [0, 0.1) is 0 Å². The Kier molecular flexibility index (Phi) is 6.31. The number of benzene rings is 2. The fourth-order valence-electron chi connectivity index (χ4n) is 2.24. The van der Waals surface area contributed by atoms with Crippen molar-refractivity contribution in [3.63, 3.8) is 0 Å². The molecular formula is C18H13Cl3O6. The van der Waals surface area contributed by atoms with Crippen molar-refractivity contribution in [3.8, 4) is 17.2 Å². The van der Waals surface area contributed by atoms with Gasteiger partial charge in [-0.3, -0.25) is 4.79 Å². The first-order chi connectivity index (χ1) is 12.9. The molecule has 1 aliphatic heterocycles. The van der Waals surface area contributed by atoms with E-state index >= 15 is 0 Å². The molecule has 0 amide bonds. The van der Waals surface area contributed by atoms with Crippen molar-refractivity contribution in [1.82, 2.24) is 0 Å². The Hall–Kier alpha value is -2.15. The highest BCUT2D eigenvalue weighted by molar-refractivity contribution is 6.43. The average Bonchev–Trinajstić information content (AvgIpc) is 2.67. The van der Waals surface area contributed by atoms with Crippen LogP contribution >= 0.6 is 34.8 Å². The molecule has 6 nitrogen and oxygen atoms in total. The zero-order valence-corrected chi connectivity index (χ0v) is 16.1. The summed E-state index contributed by atoms with van der Waals surface area (Å²) in [5.41, 5.74) is 0.348. The summed E-state index contributed by atoms with van der Waals surface area (Å²) < 4.78 is 21.0. The van der Waals surface area contributed by atoms with Crippen molar-refractivity contribution < 1.29 is 28.5 Å². The van der Waals surface area contributed by atoms with Crippen molar-refractivity contribution >= 4 is 46.6 Å². The van der Waals surface area contributed by atoms with Gasteiger partial charge in [0.15, 0.2) is 30.5 Å². The van der Waals surface area contributed by atoms with Gasteiger partial charge in [-0.1, -0.05) is 34.8 Å². The summed E-state index contributed by atoms with van der Waals surface area (Å²) in [5.74, 6) is 0.120. The van der Waals surface area contributed by atoms with Gasteiger partial charge in [0.05, 0.1) is 15.1 Å². The number of esters is 1. The Bertz CT molecular complexity index is 884. The third-order valence-electron chi connectivity index (χ3n) is 3.55. The van der Waals surface area contributed by atoms with Crippen LogP contribution in [0.5, 0.6) is 17.2 Å². The van der Waals surface area contributed by atoms with Crippen LogP contribution < -0.4 is 14.2 Å². The Morgan fingerprint density at radius 1 is 0.889 bits per heavy atom. The lowest BCUT2D eigenvalue weighted by molar-refractivity contribution is -0.144. The van der Waals surface area contributed by atoms with Crippen molar-refractivity contribution in [2.24, 2.45) is 0 Å². The quantitative estimate of drug-likeness (QED) is 0.387. The summed E-state index contributed by atoms with van der Waals surface area (Å²) in [5, 5.41) is 0.699. The first-order valence-corrected chi connectivity index (χ1v) is 8.93. The Morgan fingerprint density at radius 2 is 1.59 bits per heavy atom. The van der Waals surface area contributed by atoms with E-state index in [2.05, 4.69) is 0 Å². The topological polar surface area (TPSA) is 71.1 Å². The molecule has 1 heterocycles. The lowest BCUT2D eigenvalue weighted by Gasteiger charge is -2.18. The Labute approximate surface area is 169 Å². The van der Waals surface area contributed by atoms with E-state index in [4.69, 9.17) is 53.8 Å². The molecule has 0 radical (unpaired) electrons. The van der Waals surface area contributed by atoms with Gasteiger partial charge in [0, 0.05) is 11.6 Å². The minimum absolute atomic E-state index is 0.182. The molecule has 0 atom stereocenters. The van der Waals surface area contributed by atoms with E-state index in [0.717, 1.165) is 0 Å². The number of hydrogen-bond donors (Lipinski definition) is 0. The first kappa shape index (κ1) is 19.6. The van der Waals surface area contributed by atoms with E-state index in [1.165, 1.54) is 12.1 Å². The summed E-state index contributed by atoms with van der Waals surface area (Å²) in [7, 11) is 0. The second-order valence-electron chi connectivity index (χ2n) is 5.43. The van der Waals surface area contributed by atoms with E-state index in [0.29, 0.717) is 30.3 Å². The number of rotatable bonds is 6. The predicted octanol–water partition coefficient (Wildman–Crippen LogP) is 4.22. The standard InChI is InChI=1S/C18H13Cl3O6/c19-11-6-13(21)16(7-12(11)20)26-9-18(23)27-8-14(22)10-1-2-15-17(5-10)25-4-3-24-15/h1-2,5-7H,3-4,8-9H2. The average molecular weight is 432 g/mol. The highest BCUT2D eigenvalue weighted by atomic mass is 35.5. The van der Waals surface area contributed by atoms with Gasteiger partial charge in [0.25, 0.3) is 0 Å². The van der Waals surface area contributed by atoms with Crippen molar-refractivity contribution in [2.45, 2.75) is 0 Å². The second kappa shape index (κ2) is 8.69. The summed E-state index contributed by atoms with van der Waals surface area (Å²) in [6.07, 6.45) is 0. The Balaban J connectivity index is 1.52. The van der Waals surface area contributed by atoms with Gasteiger partial charge >= 0.3 is 5.97 Å². The molecule has 0 fully saturated rings. The summed E-state index contributed by atoms with van der Waals surface area (Å²) in [4.78, 5) is 24.0. The van der Waals surface area contributed by atoms with Crippen LogP contribution in [0.25, 0.3) is 0 Å². The van der Waals surface area contributed by atoms with E-state index in [9.17, 15) is 9.59 Å². The molecule has 9 heteroatoms. The third-order valence-corrected chi connectivity index (χ3v) is 4.57. The normalized spacial score (nSPS) is 12.4. The number of fused-ring (bicyclic) bond motifs is 1. The van der Waals surface area contributed by atoms with Gasteiger partial charge in [-0.15, -0.1) is 0 Å². The maximum Gasteiger partial charge on any atom is 0.344 e. The van der Waals surface area contributed by atoms with Gasteiger partial charge in [-0.25, -0.2) is 4.79 Å².